The average Bonchev–Trinajstić information content (AvgIpc) is 2.37. The summed E-state index contributed by atoms with van der Waals surface area (Å²) in [5.41, 5.74) is 6.32. The molecule has 118 valence electrons. The zero-order valence-electron chi connectivity index (χ0n) is 13.0. The zero-order chi connectivity index (χ0) is 13.8. The maximum Gasteiger partial charge on any atom is 0.225 e. The van der Waals surface area contributed by atoms with E-state index in [-0.39, 0.29) is 18.3 Å². The average molecular weight is 303 g/mol. The van der Waals surface area contributed by atoms with E-state index in [1.165, 1.54) is 19.3 Å². The fraction of sp³-hybridized carbons (Fsp3) is 0.938. The molecule has 2 rings (SSSR count). The second-order valence-electron chi connectivity index (χ2n) is 6.52. The molecule has 0 spiro atoms. The number of carbonyl (C=O) groups excluding carboxylic acids is 1. The number of carbonyl (C=O) groups is 1. The number of amides is 1. The van der Waals surface area contributed by atoms with E-state index >= 15 is 0 Å². The molecular formula is C16H31ClN2O. The van der Waals surface area contributed by atoms with Crippen LogP contribution in [-0.2, 0) is 4.79 Å². The Bertz CT molecular complexity index is 291. The Labute approximate surface area is 130 Å². The van der Waals surface area contributed by atoms with Crippen LogP contribution in [0.15, 0.2) is 0 Å². The van der Waals surface area contributed by atoms with E-state index in [0.717, 1.165) is 38.8 Å². The summed E-state index contributed by atoms with van der Waals surface area (Å²) in [6.07, 6.45) is 8.00. The van der Waals surface area contributed by atoms with Gasteiger partial charge in [0, 0.05) is 25.0 Å². The quantitative estimate of drug-likeness (QED) is 0.847. The first kappa shape index (κ1) is 17.8. The van der Waals surface area contributed by atoms with E-state index in [1.807, 2.05) is 0 Å². The Kier molecular flexibility index (Phi) is 7.32. The predicted octanol–water partition coefficient (Wildman–Crippen LogP) is 3.21. The lowest BCUT2D eigenvalue weighted by molar-refractivity contribution is -0.138. The van der Waals surface area contributed by atoms with E-state index in [4.69, 9.17) is 5.73 Å². The van der Waals surface area contributed by atoms with Gasteiger partial charge in [0.15, 0.2) is 0 Å². The van der Waals surface area contributed by atoms with Crippen molar-refractivity contribution in [3.63, 3.8) is 0 Å². The summed E-state index contributed by atoms with van der Waals surface area (Å²) in [5, 5.41) is 0. The highest BCUT2D eigenvalue weighted by Gasteiger charge is 2.41. The van der Waals surface area contributed by atoms with Crippen LogP contribution in [0.1, 0.15) is 58.8 Å². The Morgan fingerprint density at radius 1 is 1.10 bits per heavy atom. The van der Waals surface area contributed by atoms with Crippen molar-refractivity contribution < 1.29 is 4.79 Å². The maximum absolute atomic E-state index is 12.7. The minimum atomic E-state index is 0. The van der Waals surface area contributed by atoms with Gasteiger partial charge in [-0.15, -0.1) is 12.4 Å². The van der Waals surface area contributed by atoms with Gasteiger partial charge in [0.05, 0.1) is 0 Å². The van der Waals surface area contributed by atoms with Crippen LogP contribution in [0.5, 0.6) is 0 Å². The fourth-order valence-corrected chi connectivity index (χ4v) is 4.12. The molecule has 1 amide bonds. The summed E-state index contributed by atoms with van der Waals surface area (Å²) in [6, 6.07) is 0.364. The molecule has 0 aromatic heterocycles. The largest absolute Gasteiger partial charge is 0.342 e. The molecule has 20 heavy (non-hydrogen) atoms. The first-order chi connectivity index (χ1) is 9.17. The van der Waals surface area contributed by atoms with Gasteiger partial charge in [-0.3, -0.25) is 4.79 Å². The summed E-state index contributed by atoms with van der Waals surface area (Å²) < 4.78 is 0. The van der Waals surface area contributed by atoms with Crippen molar-refractivity contribution in [2.45, 2.75) is 64.8 Å². The van der Waals surface area contributed by atoms with E-state index < -0.39 is 0 Å². The molecule has 3 nitrogen and oxygen atoms in total. The van der Waals surface area contributed by atoms with Gasteiger partial charge in [0.2, 0.25) is 5.91 Å². The summed E-state index contributed by atoms with van der Waals surface area (Å²) >= 11 is 0. The van der Waals surface area contributed by atoms with Crippen LogP contribution in [0, 0.1) is 17.8 Å². The van der Waals surface area contributed by atoms with Gasteiger partial charge in [-0.2, -0.15) is 0 Å². The van der Waals surface area contributed by atoms with Gasteiger partial charge in [-0.05, 0) is 50.4 Å². The molecule has 0 radical (unpaired) electrons. The predicted molar refractivity (Wildman–Crippen MR) is 85.9 cm³/mol. The topological polar surface area (TPSA) is 46.3 Å². The molecule has 2 fully saturated rings. The van der Waals surface area contributed by atoms with Crippen LogP contribution in [0.25, 0.3) is 0 Å². The Hall–Kier alpha value is -0.280. The van der Waals surface area contributed by atoms with Gasteiger partial charge in [0.1, 0.15) is 0 Å². The number of nitrogens with zero attached hydrogens (tertiary/aromatic N) is 1. The second kappa shape index (κ2) is 8.23. The standard InChI is InChI=1S/C16H30N2O.ClH/c1-3-8-18(9-4-2)16(19)14-10-12-6-5-7-13(11-14)15(12)17;/h12-15H,3-11,17H2,1-2H3;1H. The first-order valence-corrected chi connectivity index (χ1v) is 8.21. The van der Waals surface area contributed by atoms with Gasteiger partial charge < -0.3 is 10.6 Å². The molecule has 2 N–H and O–H groups in total. The minimum absolute atomic E-state index is 0. The van der Waals surface area contributed by atoms with Crippen LogP contribution in [0.2, 0.25) is 0 Å². The third kappa shape index (κ3) is 3.88. The zero-order valence-corrected chi connectivity index (χ0v) is 13.8. The Balaban J connectivity index is 0.00000200. The Morgan fingerprint density at radius 3 is 2.05 bits per heavy atom. The highest BCUT2D eigenvalue weighted by molar-refractivity contribution is 5.85. The number of halogens is 1. The summed E-state index contributed by atoms with van der Waals surface area (Å²) in [5.74, 6) is 1.87. The van der Waals surface area contributed by atoms with E-state index in [1.54, 1.807) is 0 Å². The monoisotopic (exact) mass is 302 g/mol. The van der Waals surface area contributed by atoms with Crippen LogP contribution in [0.4, 0.5) is 0 Å². The molecule has 0 saturated heterocycles. The lowest BCUT2D eigenvalue weighted by atomic mass is 9.65. The van der Waals surface area contributed by atoms with E-state index in [9.17, 15) is 4.79 Å². The number of hydrogen-bond acceptors (Lipinski definition) is 2. The van der Waals surface area contributed by atoms with Crippen LogP contribution < -0.4 is 5.73 Å². The fourth-order valence-electron chi connectivity index (χ4n) is 4.12. The van der Waals surface area contributed by atoms with Gasteiger partial charge in [0.25, 0.3) is 0 Å². The smallest absolute Gasteiger partial charge is 0.225 e. The van der Waals surface area contributed by atoms with Crippen LogP contribution in [-0.4, -0.2) is 29.9 Å². The number of fused-ring (bicyclic) bond motifs is 2. The number of hydrogen-bond donors (Lipinski definition) is 1. The first-order valence-electron chi connectivity index (χ1n) is 8.21. The Morgan fingerprint density at radius 2 is 1.60 bits per heavy atom. The molecule has 2 saturated carbocycles. The molecule has 0 aromatic carbocycles. The van der Waals surface area contributed by atoms with Crippen molar-refractivity contribution in [1.29, 1.82) is 0 Å². The molecule has 0 aromatic rings. The number of rotatable bonds is 5. The lowest BCUT2D eigenvalue weighted by Crippen LogP contribution is -2.50. The van der Waals surface area contributed by atoms with E-state index in [2.05, 4.69) is 18.7 Å². The van der Waals surface area contributed by atoms with Crippen LogP contribution >= 0.6 is 12.4 Å². The molecule has 2 atom stereocenters. The molecule has 2 aliphatic rings. The normalized spacial score (nSPS) is 32.4. The van der Waals surface area contributed by atoms with Crippen molar-refractivity contribution in [1.82, 2.24) is 4.90 Å². The molecular weight excluding hydrogens is 272 g/mol. The third-order valence-corrected chi connectivity index (χ3v) is 5.06. The van der Waals surface area contributed by atoms with Crippen molar-refractivity contribution in [3.05, 3.63) is 0 Å². The minimum Gasteiger partial charge on any atom is -0.342 e. The summed E-state index contributed by atoms with van der Waals surface area (Å²) in [7, 11) is 0. The van der Waals surface area contributed by atoms with Gasteiger partial charge >= 0.3 is 0 Å². The number of nitrogens with two attached hydrogens (primary N) is 1. The lowest BCUT2D eigenvalue weighted by Gasteiger charge is -2.44. The highest BCUT2D eigenvalue weighted by Crippen LogP contribution is 2.42. The molecule has 2 bridgehead atoms. The van der Waals surface area contributed by atoms with Crippen LogP contribution in [0.3, 0.4) is 0 Å². The molecule has 4 heteroatoms. The van der Waals surface area contributed by atoms with E-state index in [0.29, 0.717) is 23.8 Å². The van der Waals surface area contributed by atoms with Crippen molar-refractivity contribution in [2.24, 2.45) is 23.5 Å². The maximum atomic E-state index is 12.7. The second-order valence-corrected chi connectivity index (χ2v) is 6.52. The molecule has 2 unspecified atom stereocenters. The molecule has 2 aliphatic carbocycles. The van der Waals surface area contributed by atoms with Gasteiger partial charge in [-0.1, -0.05) is 20.3 Å². The van der Waals surface area contributed by atoms with Crippen molar-refractivity contribution in [3.8, 4) is 0 Å². The van der Waals surface area contributed by atoms with Gasteiger partial charge in [-0.25, -0.2) is 0 Å². The molecule has 0 aliphatic heterocycles. The SMILES string of the molecule is CCCN(CCC)C(=O)C1CC2CCCC(C1)C2N.Cl. The summed E-state index contributed by atoms with van der Waals surface area (Å²) in [6.45, 7) is 6.15. The summed E-state index contributed by atoms with van der Waals surface area (Å²) in [4.78, 5) is 14.8. The van der Waals surface area contributed by atoms with Crippen molar-refractivity contribution in [2.75, 3.05) is 13.1 Å². The van der Waals surface area contributed by atoms with Crippen molar-refractivity contribution >= 4 is 18.3 Å². The highest BCUT2D eigenvalue weighted by atomic mass is 35.5. The third-order valence-electron chi connectivity index (χ3n) is 5.06. The molecule has 0 heterocycles.